The van der Waals surface area contributed by atoms with Crippen molar-refractivity contribution in [3.8, 4) is 34.4 Å². The lowest BCUT2D eigenvalue weighted by molar-refractivity contribution is -0.0220. The number of aliphatic hydroxyl groups is 1. The zero-order chi connectivity index (χ0) is 25.1. The Bertz CT molecular complexity index is 1270. The molecule has 9 nitrogen and oxygen atoms in total. The highest BCUT2D eigenvalue weighted by Gasteiger charge is 2.23. The number of hydrogen-bond acceptors (Lipinski definition) is 8. The molecule has 0 aliphatic carbocycles. The molecule has 0 fully saturated rings. The Morgan fingerprint density at radius 3 is 2.75 bits per heavy atom. The van der Waals surface area contributed by atoms with Gasteiger partial charge < -0.3 is 24.1 Å². The molecule has 36 heavy (non-hydrogen) atoms. The number of aromatic nitrogens is 2. The molecule has 0 radical (unpaired) electrons. The van der Waals surface area contributed by atoms with E-state index in [1.807, 2.05) is 61.2 Å². The smallest absolute Gasteiger partial charge is 0.351 e. The standard InChI is InChI=1S/C27H31N3O6/c1-3-29(4-2)26(31)17-33-19-9-10-21-18(13-19)11-12-30-22(21)14-25(28-27(30)32)35-16-20-15-34-23-7-5-6-8-24(23)36-20/h5-10,13-14,20,26,31H,3-4,11-12,15-17H2,1-2H3. The van der Waals surface area contributed by atoms with E-state index in [0.717, 1.165) is 29.9 Å². The third kappa shape index (κ3) is 5.03. The maximum absolute atomic E-state index is 12.7. The third-order valence-corrected chi connectivity index (χ3v) is 6.56. The van der Waals surface area contributed by atoms with Gasteiger partial charge in [0.15, 0.2) is 17.6 Å². The van der Waals surface area contributed by atoms with Gasteiger partial charge in [0, 0.05) is 18.2 Å². The van der Waals surface area contributed by atoms with Crippen molar-refractivity contribution in [3.05, 3.63) is 64.6 Å². The van der Waals surface area contributed by atoms with Crippen LogP contribution in [0.25, 0.3) is 11.3 Å². The first-order valence-corrected chi connectivity index (χ1v) is 12.4. The van der Waals surface area contributed by atoms with Crippen LogP contribution in [-0.2, 0) is 13.0 Å². The van der Waals surface area contributed by atoms with E-state index in [1.165, 1.54) is 0 Å². The van der Waals surface area contributed by atoms with Crippen molar-refractivity contribution in [3.63, 3.8) is 0 Å². The van der Waals surface area contributed by atoms with Gasteiger partial charge in [-0.25, -0.2) is 4.79 Å². The van der Waals surface area contributed by atoms with Crippen LogP contribution < -0.4 is 24.6 Å². The van der Waals surface area contributed by atoms with Gasteiger partial charge >= 0.3 is 5.69 Å². The molecule has 2 unspecified atom stereocenters. The summed E-state index contributed by atoms with van der Waals surface area (Å²) in [5, 5.41) is 10.3. The van der Waals surface area contributed by atoms with Crippen LogP contribution in [0.15, 0.2) is 53.3 Å². The second kappa shape index (κ2) is 10.6. The molecule has 2 aliphatic rings. The number of benzene rings is 2. The summed E-state index contributed by atoms with van der Waals surface area (Å²) in [5.41, 5.74) is 2.42. The molecule has 2 atom stereocenters. The lowest BCUT2D eigenvalue weighted by Crippen LogP contribution is -2.39. The first kappa shape index (κ1) is 24.1. The van der Waals surface area contributed by atoms with Crippen molar-refractivity contribution in [1.82, 2.24) is 14.5 Å². The van der Waals surface area contributed by atoms with Crippen molar-refractivity contribution in [2.24, 2.45) is 0 Å². The normalized spacial score (nSPS) is 16.7. The van der Waals surface area contributed by atoms with Gasteiger partial charge in [0.05, 0.1) is 5.69 Å². The predicted molar refractivity (Wildman–Crippen MR) is 134 cm³/mol. The Labute approximate surface area is 209 Å². The molecule has 0 saturated carbocycles. The van der Waals surface area contributed by atoms with E-state index in [9.17, 15) is 9.90 Å². The first-order valence-electron chi connectivity index (χ1n) is 12.4. The number of rotatable bonds is 9. The molecular weight excluding hydrogens is 462 g/mol. The van der Waals surface area contributed by atoms with Crippen LogP contribution in [0.5, 0.6) is 23.1 Å². The van der Waals surface area contributed by atoms with Gasteiger partial charge in [-0.3, -0.25) is 9.47 Å². The molecule has 2 aliphatic heterocycles. The molecule has 190 valence electrons. The lowest BCUT2D eigenvalue weighted by atomic mass is 9.97. The van der Waals surface area contributed by atoms with Crippen LogP contribution >= 0.6 is 0 Å². The summed E-state index contributed by atoms with van der Waals surface area (Å²) in [5.74, 6) is 2.33. The Hall–Kier alpha value is -3.56. The molecule has 0 amide bonds. The monoisotopic (exact) mass is 493 g/mol. The molecule has 1 N–H and O–H groups in total. The van der Waals surface area contributed by atoms with E-state index in [0.29, 0.717) is 36.8 Å². The third-order valence-electron chi connectivity index (χ3n) is 6.56. The van der Waals surface area contributed by atoms with Crippen molar-refractivity contribution < 1.29 is 24.1 Å². The van der Waals surface area contributed by atoms with Crippen molar-refractivity contribution in [2.45, 2.75) is 39.1 Å². The minimum absolute atomic E-state index is 0.190. The Kier molecular flexibility index (Phi) is 7.11. The van der Waals surface area contributed by atoms with Gasteiger partial charge in [0.2, 0.25) is 5.88 Å². The molecule has 5 rings (SSSR count). The summed E-state index contributed by atoms with van der Waals surface area (Å²) in [4.78, 5) is 18.8. The number of aryl methyl sites for hydroxylation is 1. The van der Waals surface area contributed by atoms with Gasteiger partial charge in [-0.15, -0.1) is 0 Å². The van der Waals surface area contributed by atoms with E-state index in [-0.39, 0.29) is 30.9 Å². The number of hydrogen-bond donors (Lipinski definition) is 1. The van der Waals surface area contributed by atoms with E-state index in [1.54, 1.807) is 10.6 Å². The first-order chi connectivity index (χ1) is 17.6. The topological polar surface area (TPSA) is 95.3 Å². The van der Waals surface area contributed by atoms with Crippen molar-refractivity contribution in [2.75, 3.05) is 32.9 Å². The highest BCUT2D eigenvalue weighted by molar-refractivity contribution is 5.67. The SMILES string of the molecule is CCN(CC)C(O)COc1ccc2c(c1)CCn1c-2cc(OCC2COc3ccccc3O2)nc1=O. The maximum Gasteiger partial charge on any atom is 0.351 e. The Morgan fingerprint density at radius 1 is 1.14 bits per heavy atom. The fourth-order valence-corrected chi connectivity index (χ4v) is 4.59. The molecule has 0 spiro atoms. The summed E-state index contributed by atoms with van der Waals surface area (Å²) in [7, 11) is 0. The van der Waals surface area contributed by atoms with E-state index in [2.05, 4.69) is 4.98 Å². The van der Waals surface area contributed by atoms with Gasteiger partial charge in [0.25, 0.3) is 0 Å². The lowest BCUT2D eigenvalue weighted by Gasteiger charge is -2.27. The summed E-state index contributed by atoms with van der Waals surface area (Å²) in [6.45, 7) is 6.80. The number of likely N-dealkylation sites (N-methyl/N-ethyl adjacent to an activating group) is 1. The highest BCUT2D eigenvalue weighted by Crippen LogP contribution is 2.33. The summed E-state index contributed by atoms with van der Waals surface area (Å²) < 4.78 is 25.1. The van der Waals surface area contributed by atoms with Crippen LogP contribution in [0.4, 0.5) is 0 Å². The largest absolute Gasteiger partial charge is 0.489 e. The van der Waals surface area contributed by atoms with Crippen LogP contribution in [0.3, 0.4) is 0 Å². The average Bonchev–Trinajstić information content (AvgIpc) is 2.91. The van der Waals surface area contributed by atoms with Gasteiger partial charge in [-0.05, 0) is 55.4 Å². The molecule has 3 aromatic rings. The van der Waals surface area contributed by atoms with Gasteiger partial charge in [-0.2, -0.15) is 4.98 Å². The minimum Gasteiger partial charge on any atom is -0.489 e. The predicted octanol–water partition coefficient (Wildman–Crippen LogP) is 2.72. The Balaban J connectivity index is 1.28. The van der Waals surface area contributed by atoms with Crippen LogP contribution in [-0.4, -0.2) is 64.8 Å². The fourth-order valence-electron chi connectivity index (χ4n) is 4.59. The molecule has 1 aromatic heterocycles. The molecular formula is C27H31N3O6. The van der Waals surface area contributed by atoms with Crippen LogP contribution in [0, 0.1) is 0 Å². The van der Waals surface area contributed by atoms with Gasteiger partial charge in [0.1, 0.15) is 31.8 Å². The molecule has 3 heterocycles. The average molecular weight is 494 g/mol. The summed E-state index contributed by atoms with van der Waals surface area (Å²) in [6.07, 6.45) is -0.278. The summed E-state index contributed by atoms with van der Waals surface area (Å²) in [6, 6.07) is 15.1. The summed E-state index contributed by atoms with van der Waals surface area (Å²) >= 11 is 0. The van der Waals surface area contributed by atoms with Gasteiger partial charge in [-0.1, -0.05) is 26.0 Å². The van der Waals surface area contributed by atoms with E-state index >= 15 is 0 Å². The van der Waals surface area contributed by atoms with E-state index < -0.39 is 6.23 Å². The molecule has 2 aromatic carbocycles. The number of fused-ring (bicyclic) bond motifs is 4. The number of aliphatic hydroxyl groups excluding tert-OH is 1. The molecule has 9 heteroatoms. The van der Waals surface area contributed by atoms with Crippen molar-refractivity contribution >= 4 is 0 Å². The van der Waals surface area contributed by atoms with Crippen molar-refractivity contribution in [1.29, 1.82) is 0 Å². The quantitative estimate of drug-likeness (QED) is 0.455. The number of para-hydroxylation sites is 2. The zero-order valence-electron chi connectivity index (χ0n) is 20.6. The zero-order valence-corrected chi connectivity index (χ0v) is 20.6. The minimum atomic E-state index is -0.659. The number of nitrogens with zero attached hydrogens (tertiary/aromatic N) is 3. The second-order valence-electron chi connectivity index (χ2n) is 8.80. The van der Waals surface area contributed by atoms with Crippen LogP contribution in [0.1, 0.15) is 19.4 Å². The molecule has 0 saturated heterocycles. The highest BCUT2D eigenvalue weighted by atomic mass is 16.6. The molecule has 0 bridgehead atoms. The second-order valence-corrected chi connectivity index (χ2v) is 8.80. The van der Waals surface area contributed by atoms with E-state index in [4.69, 9.17) is 18.9 Å². The maximum atomic E-state index is 12.7. The van der Waals surface area contributed by atoms with Crippen LogP contribution in [0.2, 0.25) is 0 Å². The fraction of sp³-hybridized carbons (Fsp3) is 0.407. The number of ether oxygens (including phenoxy) is 4. The Morgan fingerprint density at radius 2 is 1.94 bits per heavy atom.